The average molecular weight is 430 g/mol. The van der Waals surface area contributed by atoms with Gasteiger partial charge < -0.3 is 10.6 Å². The third-order valence-corrected chi connectivity index (χ3v) is 7.39. The molecule has 0 aromatic carbocycles. The molecular formula is C21H39N3O4S. The van der Waals surface area contributed by atoms with Gasteiger partial charge in [0.1, 0.15) is 0 Å². The Kier molecular flexibility index (Phi) is 11.5. The number of hydrogen-bond acceptors (Lipinski definition) is 4. The quantitative estimate of drug-likeness (QED) is 0.368. The summed E-state index contributed by atoms with van der Waals surface area (Å²) in [4.78, 5) is 23.8. The number of allylic oxidation sites excluding steroid dienone is 1. The molecule has 1 rings (SSSR count). The van der Waals surface area contributed by atoms with Gasteiger partial charge in [0.05, 0.1) is 5.25 Å². The zero-order chi connectivity index (χ0) is 21.9. The molecule has 0 bridgehead atoms. The predicted octanol–water partition coefficient (Wildman–Crippen LogP) is 2.44. The van der Waals surface area contributed by atoms with E-state index in [-0.39, 0.29) is 17.7 Å². The maximum absolute atomic E-state index is 12.3. The van der Waals surface area contributed by atoms with E-state index < -0.39 is 15.3 Å². The summed E-state index contributed by atoms with van der Waals surface area (Å²) in [6.45, 7) is 9.61. The molecule has 1 saturated heterocycles. The molecular weight excluding hydrogens is 390 g/mol. The molecule has 0 aromatic rings. The zero-order valence-electron chi connectivity index (χ0n) is 18.4. The highest BCUT2D eigenvalue weighted by atomic mass is 32.2. The van der Waals surface area contributed by atoms with Crippen LogP contribution < -0.4 is 10.6 Å². The molecule has 0 saturated carbocycles. The standard InChI is InChI=1S/C21H39N3O4S/c1-17(2)9-10-20(25)22-13-7-5-6-8-14-23-21(26)19-11-15-24(16-12-19)29(27,28)18(3)4/h9-10,17-19H,5-8,11-16H2,1-4H3,(H,22,25)(H,23,26)/b10-9+. The van der Waals surface area contributed by atoms with Crippen LogP contribution >= 0.6 is 0 Å². The first-order chi connectivity index (χ1) is 13.6. The van der Waals surface area contributed by atoms with Crippen molar-refractivity contribution >= 4 is 21.8 Å². The maximum atomic E-state index is 12.3. The number of amides is 2. The van der Waals surface area contributed by atoms with E-state index >= 15 is 0 Å². The molecule has 8 heteroatoms. The van der Waals surface area contributed by atoms with E-state index in [0.29, 0.717) is 44.9 Å². The minimum atomic E-state index is -3.22. The Morgan fingerprint density at radius 3 is 2.03 bits per heavy atom. The minimum absolute atomic E-state index is 0.0378. The Labute approximate surface area is 176 Å². The molecule has 2 N–H and O–H groups in total. The van der Waals surface area contributed by atoms with E-state index in [9.17, 15) is 18.0 Å². The van der Waals surface area contributed by atoms with Crippen LogP contribution in [0.1, 0.15) is 66.2 Å². The topological polar surface area (TPSA) is 95.6 Å². The molecule has 0 aromatic heterocycles. The summed E-state index contributed by atoms with van der Waals surface area (Å²) in [5.41, 5.74) is 0. The van der Waals surface area contributed by atoms with Crippen molar-refractivity contribution in [3.63, 3.8) is 0 Å². The lowest BCUT2D eigenvalue weighted by molar-refractivity contribution is -0.126. The van der Waals surface area contributed by atoms with Gasteiger partial charge in [-0.25, -0.2) is 12.7 Å². The van der Waals surface area contributed by atoms with Gasteiger partial charge in [-0.1, -0.05) is 32.8 Å². The Morgan fingerprint density at radius 2 is 1.52 bits per heavy atom. The summed E-state index contributed by atoms with van der Waals surface area (Å²) in [5.74, 6) is 0.272. The van der Waals surface area contributed by atoms with Crippen LogP contribution in [0.3, 0.4) is 0 Å². The van der Waals surface area contributed by atoms with Gasteiger partial charge in [-0.05, 0) is 51.5 Å². The van der Waals surface area contributed by atoms with Crippen molar-refractivity contribution in [2.24, 2.45) is 11.8 Å². The number of carbonyl (C=O) groups is 2. The summed E-state index contributed by atoms with van der Waals surface area (Å²) >= 11 is 0. The zero-order valence-corrected chi connectivity index (χ0v) is 19.3. The first-order valence-electron chi connectivity index (χ1n) is 10.9. The van der Waals surface area contributed by atoms with Gasteiger partial charge in [0.25, 0.3) is 0 Å². The maximum Gasteiger partial charge on any atom is 0.243 e. The number of unbranched alkanes of at least 4 members (excludes halogenated alkanes) is 3. The molecule has 29 heavy (non-hydrogen) atoms. The smallest absolute Gasteiger partial charge is 0.243 e. The highest BCUT2D eigenvalue weighted by molar-refractivity contribution is 7.89. The number of nitrogens with one attached hydrogen (secondary N) is 2. The predicted molar refractivity (Wildman–Crippen MR) is 117 cm³/mol. The fraction of sp³-hybridized carbons (Fsp3) is 0.810. The molecule has 2 amide bonds. The fourth-order valence-electron chi connectivity index (χ4n) is 3.18. The second-order valence-electron chi connectivity index (χ2n) is 8.37. The number of hydrogen-bond donors (Lipinski definition) is 2. The van der Waals surface area contributed by atoms with Gasteiger partial charge in [-0.3, -0.25) is 9.59 Å². The molecule has 0 unspecified atom stereocenters. The van der Waals surface area contributed by atoms with Crippen molar-refractivity contribution in [3.05, 3.63) is 12.2 Å². The molecule has 0 aliphatic carbocycles. The highest BCUT2D eigenvalue weighted by Crippen LogP contribution is 2.21. The van der Waals surface area contributed by atoms with Crippen molar-refractivity contribution in [1.82, 2.24) is 14.9 Å². The molecule has 7 nitrogen and oxygen atoms in total. The second kappa shape index (κ2) is 13.0. The lowest BCUT2D eigenvalue weighted by Gasteiger charge is -2.31. The minimum Gasteiger partial charge on any atom is -0.356 e. The SMILES string of the molecule is CC(C)/C=C/C(=O)NCCCCCCNC(=O)C1CCN(S(=O)(=O)C(C)C)CC1. The Hall–Kier alpha value is -1.41. The summed E-state index contributed by atoms with van der Waals surface area (Å²) in [6.07, 6.45) is 8.49. The number of carbonyl (C=O) groups excluding carboxylic acids is 2. The van der Waals surface area contributed by atoms with Crippen LogP contribution in [0.15, 0.2) is 12.2 Å². The lowest BCUT2D eigenvalue weighted by Crippen LogP contribution is -2.45. The van der Waals surface area contributed by atoms with E-state index in [4.69, 9.17) is 0 Å². The second-order valence-corrected chi connectivity index (χ2v) is 10.9. The summed E-state index contributed by atoms with van der Waals surface area (Å²) in [5, 5.41) is 5.43. The van der Waals surface area contributed by atoms with Gasteiger partial charge >= 0.3 is 0 Å². The number of sulfonamides is 1. The molecule has 1 aliphatic heterocycles. The molecule has 0 atom stereocenters. The molecule has 1 heterocycles. The van der Waals surface area contributed by atoms with E-state index in [2.05, 4.69) is 10.6 Å². The van der Waals surface area contributed by atoms with Crippen molar-refractivity contribution in [1.29, 1.82) is 0 Å². The van der Waals surface area contributed by atoms with Crippen molar-refractivity contribution in [2.45, 2.75) is 71.5 Å². The van der Waals surface area contributed by atoms with Crippen molar-refractivity contribution < 1.29 is 18.0 Å². The fourth-order valence-corrected chi connectivity index (χ4v) is 4.50. The Balaban J connectivity index is 2.09. The van der Waals surface area contributed by atoms with Gasteiger partial charge in [-0.2, -0.15) is 0 Å². The van der Waals surface area contributed by atoms with E-state index in [1.165, 1.54) is 4.31 Å². The highest BCUT2D eigenvalue weighted by Gasteiger charge is 2.32. The number of nitrogens with zero attached hydrogens (tertiary/aromatic N) is 1. The van der Waals surface area contributed by atoms with Crippen LogP contribution in [0.4, 0.5) is 0 Å². The van der Waals surface area contributed by atoms with E-state index in [1.807, 2.05) is 19.9 Å². The normalized spacial score (nSPS) is 16.6. The van der Waals surface area contributed by atoms with E-state index in [1.54, 1.807) is 19.9 Å². The van der Waals surface area contributed by atoms with Gasteiger partial charge in [0.15, 0.2) is 0 Å². The monoisotopic (exact) mass is 429 g/mol. The van der Waals surface area contributed by atoms with E-state index in [0.717, 1.165) is 25.7 Å². The first-order valence-corrected chi connectivity index (χ1v) is 12.4. The van der Waals surface area contributed by atoms with Crippen LogP contribution in [0.25, 0.3) is 0 Å². The number of piperidine rings is 1. The summed E-state index contributed by atoms with van der Waals surface area (Å²) < 4.78 is 25.9. The Morgan fingerprint density at radius 1 is 0.966 bits per heavy atom. The Bertz CT molecular complexity index is 636. The van der Waals surface area contributed by atoms with Gasteiger partial charge in [-0.15, -0.1) is 0 Å². The molecule has 1 fully saturated rings. The van der Waals surface area contributed by atoms with Gasteiger partial charge in [0.2, 0.25) is 21.8 Å². The van der Waals surface area contributed by atoms with Crippen LogP contribution in [0, 0.1) is 11.8 Å². The van der Waals surface area contributed by atoms with Crippen LogP contribution in [-0.2, 0) is 19.6 Å². The molecule has 0 spiro atoms. The summed E-state index contributed by atoms with van der Waals surface area (Å²) in [6, 6.07) is 0. The van der Waals surface area contributed by atoms with Crippen molar-refractivity contribution in [2.75, 3.05) is 26.2 Å². The average Bonchev–Trinajstić information content (AvgIpc) is 2.68. The molecule has 168 valence electrons. The number of rotatable bonds is 12. The first kappa shape index (κ1) is 25.6. The third-order valence-electron chi connectivity index (χ3n) is 5.11. The molecule has 1 aliphatic rings. The largest absolute Gasteiger partial charge is 0.356 e. The molecule has 0 radical (unpaired) electrons. The van der Waals surface area contributed by atoms with Gasteiger partial charge in [0, 0.05) is 32.1 Å². The van der Waals surface area contributed by atoms with Crippen LogP contribution in [-0.4, -0.2) is 56.0 Å². The van der Waals surface area contributed by atoms with Crippen LogP contribution in [0.2, 0.25) is 0 Å². The lowest BCUT2D eigenvalue weighted by atomic mass is 9.97. The summed E-state index contributed by atoms with van der Waals surface area (Å²) in [7, 11) is -3.22. The third kappa shape index (κ3) is 9.76. The van der Waals surface area contributed by atoms with Crippen LogP contribution in [0.5, 0.6) is 0 Å². The van der Waals surface area contributed by atoms with Crippen molar-refractivity contribution in [3.8, 4) is 0 Å².